The van der Waals surface area contributed by atoms with E-state index in [-0.39, 0.29) is 29.3 Å². The molecule has 4 nitrogen and oxygen atoms in total. The second-order valence-corrected chi connectivity index (χ2v) is 4.55. The predicted molar refractivity (Wildman–Crippen MR) is 68.1 cm³/mol. The number of ketones is 2. The molecule has 1 aromatic rings. The van der Waals surface area contributed by atoms with Gasteiger partial charge in [0.1, 0.15) is 5.75 Å². The van der Waals surface area contributed by atoms with Crippen LogP contribution in [0.3, 0.4) is 0 Å². The zero-order chi connectivity index (χ0) is 13.1. The molecule has 0 bridgehead atoms. The standard InChI is InChI=1S/C14H17NO3/c1-2-3-7-15-10-8-12(17)9-5-4-6-11(16)13(9)14(10)18/h4-6,10,15-16H,2-3,7-8H2,1H3. The maximum absolute atomic E-state index is 12.2. The Morgan fingerprint density at radius 2 is 2.17 bits per heavy atom. The second kappa shape index (κ2) is 5.31. The minimum absolute atomic E-state index is 0.0884. The minimum Gasteiger partial charge on any atom is -0.507 e. The van der Waals surface area contributed by atoms with E-state index < -0.39 is 6.04 Å². The maximum atomic E-state index is 12.2. The van der Waals surface area contributed by atoms with E-state index in [2.05, 4.69) is 12.2 Å². The largest absolute Gasteiger partial charge is 0.507 e. The third-order valence-electron chi connectivity index (χ3n) is 3.22. The van der Waals surface area contributed by atoms with Crippen LogP contribution in [0.4, 0.5) is 0 Å². The van der Waals surface area contributed by atoms with Crippen molar-refractivity contribution in [2.45, 2.75) is 32.2 Å². The summed E-state index contributed by atoms with van der Waals surface area (Å²) in [6, 6.07) is 4.13. The Labute approximate surface area is 106 Å². The second-order valence-electron chi connectivity index (χ2n) is 4.55. The Morgan fingerprint density at radius 3 is 2.89 bits per heavy atom. The summed E-state index contributed by atoms with van der Waals surface area (Å²) in [5.41, 5.74) is 0.510. The summed E-state index contributed by atoms with van der Waals surface area (Å²) in [6.07, 6.45) is 2.17. The summed E-state index contributed by atoms with van der Waals surface area (Å²) in [5, 5.41) is 12.8. The molecule has 0 heterocycles. The molecule has 1 unspecified atom stereocenters. The van der Waals surface area contributed by atoms with Crippen LogP contribution in [0.5, 0.6) is 5.75 Å². The van der Waals surface area contributed by atoms with Crippen molar-refractivity contribution in [3.63, 3.8) is 0 Å². The number of hydrogen-bond donors (Lipinski definition) is 2. The summed E-state index contributed by atoms with van der Waals surface area (Å²) in [6.45, 7) is 2.78. The zero-order valence-electron chi connectivity index (χ0n) is 10.4. The molecule has 18 heavy (non-hydrogen) atoms. The number of hydrogen-bond acceptors (Lipinski definition) is 4. The van der Waals surface area contributed by atoms with Gasteiger partial charge in [-0.05, 0) is 19.0 Å². The number of phenols is 1. The van der Waals surface area contributed by atoms with Crippen LogP contribution >= 0.6 is 0 Å². The highest BCUT2D eigenvalue weighted by atomic mass is 16.3. The Balaban J connectivity index is 2.24. The molecule has 1 aliphatic carbocycles. The lowest BCUT2D eigenvalue weighted by atomic mass is 9.85. The lowest BCUT2D eigenvalue weighted by Gasteiger charge is -2.23. The van der Waals surface area contributed by atoms with Gasteiger partial charge >= 0.3 is 0 Å². The first-order chi connectivity index (χ1) is 8.65. The van der Waals surface area contributed by atoms with E-state index >= 15 is 0 Å². The highest BCUT2D eigenvalue weighted by molar-refractivity contribution is 6.17. The number of benzene rings is 1. The van der Waals surface area contributed by atoms with E-state index in [9.17, 15) is 14.7 Å². The molecule has 0 amide bonds. The molecule has 0 fully saturated rings. The van der Waals surface area contributed by atoms with Gasteiger partial charge in [-0.1, -0.05) is 25.5 Å². The summed E-state index contributed by atoms with van der Waals surface area (Å²) in [4.78, 5) is 24.1. The van der Waals surface area contributed by atoms with Gasteiger partial charge < -0.3 is 10.4 Å². The predicted octanol–water partition coefficient (Wildman–Crippen LogP) is 1.92. The monoisotopic (exact) mass is 247 g/mol. The van der Waals surface area contributed by atoms with Crippen molar-refractivity contribution in [3.05, 3.63) is 29.3 Å². The molecule has 0 saturated carbocycles. The number of rotatable bonds is 4. The summed E-state index contributed by atoms with van der Waals surface area (Å²) < 4.78 is 0. The van der Waals surface area contributed by atoms with Crippen LogP contribution in [0.2, 0.25) is 0 Å². The molecule has 1 aliphatic rings. The number of nitrogens with one attached hydrogen (secondary N) is 1. The fourth-order valence-electron chi connectivity index (χ4n) is 2.21. The van der Waals surface area contributed by atoms with Crippen molar-refractivity contribution < 1.29 is 14.7 Å². The van der Waals surface area contributed by atoms with Crippen LogP contribution in [-0.2, 0) is 0 Å². The van der Waals surface area contributed by atoms with Gasteiger partial charge in [0.15, 0.2) is 11.6 Å². The van der Waals surface area contributed by atoms with E-state index in [1.165, 1.54) is 6.07 Å². The highest BCUT2D eigenvalue weighted by Crippen LogP contribution is 2.28. The highest BCUT2D eigenvalue weighted by Gasteiger charge is 2.33. The van der Waals surface area contributed by atoms with Gasteiger partial charge in [0.25, 0.3) is 0 Å². The van der Waals surface area contributed by atoms with Crippen LogP contribution in [-0.4, -0.2) is 29.3 Å². The molecule has 2 N–H and O–H groups in total. The molecule has 4 heteroatoms. The molecule has 1 atom stereocenters. The number of carbonyl (C=O) groups excluding carboxylic acids is 2. The Hall–Kier alpha value is -1.68. The van der Waals surface area contributed by atoms with Crippen molar-refractivity contribution in [1.29, 1.82) is 0 Å². The number of fused-ring (bicyclic) bond motifs is 1. The van der Waals surface area contributed by atoms with Gasteiger partial charge in [0, 0.05) is 12.0 Å². The molecule has 96 valence electrons. The summed E-state index contributed by atoms with van der Waals surface area (Å²) >= 11 is 0. The smallest absolute Gasteiger partial charge is 0.184 e. The number of Topliss-reactive ketones (excluding diaryl/α,β-unsaturated/α-hetero) is 2. The lowest BCUT2D eigenvalue weighted by Crippen LogP contribution is -2.42. The summed E-state index contributed by atoms with van der Waals surface area (Å²) in [5.74, 6) is -0.374. The molecule has 0 radical (unpaired) electrons. The molecular formula is C14H17NO3. The molecule has 0 aliphatic heterocycles. The summed E-state index contributed by atoms with van der Waals surface area (Å²) in [7, 11) is 0. The molecular weight excluding hydrogens is 230 g/mol. The van der Waals surface area contributed by atoms with Crippen LogP contribution in [0.1, 0.15) is 46.9 Å². The van der Waals surface area contributed by atoms with Gasteiger partial charge in [0.2, 0.25) is 0 Å². The number of carbonyl (C=O) groups is 2. The molecule has 0 aromatic heterocycles. The molecule has 0 saturated heterocycles. The minimum atomic E-state index is -0.496. The quantitative estimate of drug-likeness (QED) is 0.798. The van der Waals surface area contributed by atoms with Crippen molar-refractivity contribution >= 4 is 11.6 Å². The average Bonchev–Trinajstić information content (AvgIpc) is 2.35. The van der Waals surface area contributed by atoms with Crippen molar-refractivity contribution in [2.24, 2.45) is 0 Å². The SMILES string of the molecule is CCCCNC1CC(=O)c2cccc(O)c2C1=O. The van der Waals surface area contributed by atoms with Crippen molar-refractivity contribution in [1.82, 2.24) is 5.32 Å². The van der Waals surface area contributed by atoms with E-state index in [1.807, 2.05) is 0 Å². The van der Waals surface area contributed by atoms with Crippen molar-refractivity contribution in [2.75, 3.05) is 6.54 Å². The average molecular weight is 247 g/mol. The first kappa shape index (κ1) is 12.8. The van der Waals surface area contributed by atoms with Crippen LogP contribution < -0.4 is 5.32 Å². The van der Waals surface area contributed by atoms with E-state index in [0.717, 1.165) is 12.8 Å². The third kappa shape index (κ3) is 2.29. The van der Waals surface area contributed by atoms with Crippen LogP contribution in [0.15, 0.2) is 18.2 Å². The molecule has 1 aromatic carbocycles. The van der Waals surface area contributed by atoms with E-state index in [1.54, 1.807) is 12.1 Å². The van der Waals surface area contributed by atoms with Gasteiger partial charge in [-0.25, -0.2) is 0 Å². The topological polar surface area (TPSA) is 66.4 Å². The molecule has 2 rings (SSSR count). The van der Waals surface area contributed by atoms with Gasteiger partial charge in [-0.2, -0.15) is 0 Å². The Bertz CT molecular complexity index is 482. The Kier molecular flexibility index (Phi) is 3.77. The Morgan fingerprint density at radius 1 is 1.39 bits per heavy atom. The van der Waals surface area contributed by atoms with Gasteiger partial charge in [-0.3, -0.25) is 9.59 Å². The van der Waals surface area contributed by atoms with Gasteiger partial charge in [0.05, 0.1) is 11.6 Å². The van der Waals surface area contributed by atoms with Crippen LogP contribution in [0, 0.1) is 0 Å². The zero-order valence-corrected chi connectivity index (χ0v) is 10.4. The fourth-order valence-corrected chi connectivity index (χ4v) is 2.21. The normalized spacial score (nSPS) is 18.8. The first-order valence-electron chi connectivity index (χ1n) is 6.28. The van der Waals surface area contributed by atoms with Crippen LogP contribution in [0.25, 0.3) is 0 Å². The number of aromatic hydroxyl groups is 1. The first-order valence-corrected chi connectivity index (χ1v) is 6.28. The molecule has 0 spiro atoms. The lowest BCUT2D eigenvalue weighted by molar-refractivity contribution is 0.0846. The van der Waals surface area contributed by atoms with E-state index in [4.69, 9.17) is 0 Å². The van der Waals surface area contributed by atoms with Gasteiger partial charge in [-0.15, -0.1) is 0 Å². The van der Waals surface area contributed by atoms with Crippen molar-refractivity contribution in [3.8, 4) is 5.75 Å². The number of phenolic OH excluding ortho intramolecular Hbond substituents is 1. The maximum Gasteiger partial charge on any atom is 0.184 e. The third-order valence-corrected chi connectivity index (χ3v) is 3.22. The van der Waals surface area contributed by atoms with E-state index in [0.29, 0.717) is 12.1 Å². The number of unbranched alkanes of at least 4 members (excludes halogenated alkanes) is 1. The fraction of sp³-hybridized carbons (Fsp3) is 0.429.